The Morgan fingerprint density at radius 2 is 2.17 bits per heavy atom. The molecule has 1 aliphatic rings. The van der Waals surface area contributed by atoms with Gasteiger partial charge in [-0.2, -0.15) is 0 Å². The van der Waals surface area contributed by atoms with Gasteiger partial charge in [0.05, 0.1) is 6.54 Å². The van der Waals surface area contributed by atoms with Crippen molar-refractivity contribution >= 4 is 21.7 Å². The molecular formula is C15H20BrNO. The van der Waals surface area contributed by atoms with Gasteiger partial charge in [0.15, 0.2) is 5.78 Å². The first-order valence-electron chi connectivity index (χ1n) is 6.58. The van der Waals surface area contributed by atoms with E-state index in [1.165, 1.54) is 6.42 Å². The monoisotopic (exact) mass is 309 g/mol. The standard InChI is InChI=1S/C15H20BrNO/c1-11(2)12-7-8-17(9-12)10-15(18)13-5-3-4-6-14(13)16/h3-6,11-12H,7-10H2,1-2H3. The molecule has 0 radical (unpaired) electrons. The maximum atomic E-state index is 12.2. The van der Waals surface area contributed by atoms with Gasteiger partial charge in [0, 0.05) is 16.6 Å². The lowest BCUT2D eigenvalue weighted by Crippen LogP contribution is -2.28. The van der Waals surface area contributed by atoms with Gasteiger partial charge >= 0.3 is 0 Å². The predicted octanol–water partition coefficient (Wildman–Crippen LogP) is 3.61. The molecule has 1 saturated heterocycles. The smallest absolute Gasteiger partial charge is 0.177 e. The molecule has 18 heavy (non-hydrogen) atoms. The van der Waals surface area contributed by atoms with Crippen LogP contribution in [0.15, 0.2) is 28.7 Å². The first kappa shape index (κ1) is 13.8. The molecule has 1 unspecified atom stereocenters. The summed E-state index contributed by atoms with van der Waals surface area (Å²) in [6.45, 7) is 7.20. The number of hydrogen-bond donors (Lipinski definition) is 0. The van der Waals surface area contributed by atoms with E-state index in [0.29, 0.717) is 12.5 Å². The van der Waals surface area contributed by atoms with E-state index in [1.807, 2.05) is 24.3 Å². The fourth-order valence-corrected chi connectivity index (χ4v) is 3.03. The number of carbonyl (C=O) groups is 1. The van der Waals surface area contributed by atoms with Gasteiger partial charge in [-0.3, -0.25) is 9.69 Å². The van der Waals surface area contributed by atoms with E-state index in [1.54, 1.807) is 0 Å². The average molecular weight is 310 g/mol. The van der Waals surface area contributed by atoms with E-state index in [4.69, 9.17) is 0 Å². The molecule has 0 bridgehead atoms. The van der Waals surface area contributed by atoms with Crippen molar-refractivity contribution in [1.82, 2.24) is 4.90 Å². The Kier molecular flexibility index (Phi) is 4.57. The van der Waals surface area contributed by atoms with Gasteiger partial charge in [-0.15, -0.1) is 0 Å². The molecule has 1 heterocycles. The molecule has 0 N–H and O–H groups in total. The van der Waals surface area contributed by atoms with E-state index >= 15 is 0 Å². The number of halogens is 1. The highest BCUT2D eigenvalue weighted by Gasteiger charge is 2.26. The van der Waals surface area contributed by atoms with Crippen LogP contribution in [-0.2, 0) is 0 Å². The maximum Gasteiger partial charge on any atom is 0.177 e. The fraction of sp³-hybridized carbons (Fsp3) is 0.533. The topological polar surface area (TPSA) is 20.3 Å². The van der Waals surface area contributed by atoms with Crippen LogP contribution in [0.3, 0.4) is 0 Å². The minimum atomic E-state index is 0.215. The summed E-state index contributed by atoms with van der Waals surface area (Å²) in [4.78, 5) is 14.5. The number of Topliss-reactive ketones (excluding diaryl/α,β-unsaturated/α-hetero) is 1. The van der Waals surface area contributed by atoms with Gasteiger partial charge in [0.1, 0.15) is 0 Å². The molecule has 1 fully saturated rings. The molecule has 0 aromatic heterocycles. The molecule has 1 aromatic rings. The Balaban J connectivity index is 1.95. The zero-order chi connectivity index (χ0) is 13.1. The zero-order valence-electron chi connectivity index (χ0n) is 11.0. The van der Waals surface area contributed by atoms with Gasteiger partial charge in [0.25, 0.3) is 0 Å². The minimum absolute atomic E-state index is 0.215. The number of likely N-dealkylation sites (tertiary alicyclic amines) is 1. The lowest BCUT2D eigenvalue weighted by atomic mass is 9.95. The summed E-state index contributed by atoms with van der Waals surface area (Å²) in [5, 5.41) is 0. The Morgan fingerprint density at radius 3 is 2.78 bits per heavy atom. The summed E-state index contributed by atoms with van der Waals surface area (Å²) in [5.41, 5.74) is 0.797. The van der Waals surface area contributed by atoms with E-state index in [2.05, 4.69) is 34.7 Å². The number of benzene rings is 1. The number of ketones is 1. The normalized spacial score (nSPS) is 20.6. The highest BCUT2D eigenvalue weighted by Crippen LogP contribution is 2.24. The summed E-state index contributed by atoms with van der Waals surface area (Å²) < 4.78 is 0.898. The first-order chi connectivity index (χ1) is 8.58. The lowest BCUT2D eigenvalue weighted by Gasteiger charge is -2.17. The summed E-state index contributed by atoms with van der Waals surface area (Å²) in [5.74, 6) is 1.68. The quantitative estimate of drug-likeness (QED) is 0.792. The Bertz CT molecular complexity index is 430. The van der Waals surface area contributed by atoms with Crippen molar-refractivity contribution in [1.29, 1.82) is 0 Å². The molecule has 2 nitrogen and oxygen atoms in total. The SMILES string of the molecule is CC(C)C1CCN(CC(=O)c2ccccc2Br)C1. The predicted molar refractivity (Wildman–Crippen MR) is 77.9 cm³/mol. The zero-order valence-corrected chi connectivity index (χ0v) is 12.6. The molecule has 0 aliphatic carbocycles. The summed E-state index contributed by atoms with van der Waals surface area (Å²) in [6, 6.07) is 7.67. The Hall–Kier alpha value is -0.670. The Morgan fingerprint density at radius 1 is 1.44 bits per heavy atom. The van der Waals surface area contributed by atoms with E-state index in [9.17, 15) is 4.79 Å². The van der Waals surface area contributed by atoms with Gasteiger partial charge in [0.2, 0.25) is 0 Å². The van der Waals surface area contributed by atoms with Gasteiger partial charge in [-0.1, -0.05) is 48.0 Å². The first-order valence-corrected chi connectivity index (χ1v) is 7.37. The van der Waals surface area contributed by atoms with Crippen molar-refractivity contribution in [2.75, 3.05) is 19.6 Å². The molecule has 1 aromatic carbocycles. The third kappa shape index (κ3) is 3.21. The highest BCUT2D eigenvalue weighted by atomic mass is 79.9. The average Bonchev–Trinajstić information content (AvgIpc) is 2.78. The number of hydrogen-bond acceptors (Lipinski definition) is 2. The van der Waals surface area contributed by atoms with Crippen molar-refractivity contribution in [3.63, 3.8) is 0 Å². The molecule has 3 heteroatoms. The second-order valence-corrected chi connectivity index (χ2v) is 6.29. The number of carbonyl (C=O) groups excluding carboxylic acids is 1. The maximum absolute atomic E-state index is 12.2. The molecular weight excluding hydrogens is 290 g/mol. The van der Waals surface area contributed by atoms with E-state index in [0.717, 1.165) is 29.0 Å². The minimum Gasteiger partial charge on any atom is -0.296 e. The summed E-state index contributed by atoms with van der Waals surface area (Å²) in [6.07, 6.45) is 1.22. The van der Waals surface area contributed by atoms with Crippen LogP contribution in [0.5, 0.6) is 0 Å². The molecule has 0 saturated carbocycles. The number of nitrogens with zero attached hydrogens (tertiary/aromatic N) is 1. The van der Waals surface area contributed by atoms with Crippen LogP contribution in [0.4, 0.5) is 0 Å². The molecule has 98 valence electrons. The van der Waals surface area contributed by atoms with Crippen LogP contribution >= 0.6 is 15.9 Å². The molecule has 1 atom stereocenters. The van der Waals surface area contributed by atoms with Crippen LogP contribution in [0, 0.1) is 11.8 Å². The third-order valence-electron chi connectivity index (χ3n) is 3.79. The molecule has 2 rings (SSSR count). The van der Waals surface area contributed by atoms with Gasteiger partial charge < -0.3 is 0 Å². The van der Waals surface area contributed by atoms with E-state index in [-0.39, 0.29) is 5.78 Å². The summed E-state index contributed by atoms with van der Waals surface area (Å²) in [7, 11) is 0. The lowest BCUT2D eigenvalue weighted by molar-refractivity contribution is 0.0941. The van der Waals surface area contributed by atoms with Crippen LogP contribution in [0.1, 0.15) is 30.6 Å². The van der Waals surface area contributed by atoms with Gasteiger partial charge in [-0.05, 0) is 30.9 Å². The highest BCUT2D eigenvalue weighted by molar-refractivity contribution is 9.10. The van der Waals surface area contributed by atoms with Crippen LogP contribution < -0.4 is 0 Å². The van der Waals surface area contributed by atoms with Crippen molar-refractivity contribution in [2.45, 2.75) is 20.3 Å². The summed E-state index contributed by atoms with van der Waals surface area (Å²) >= 11 is 3.44. The van der Waals surface area contributed by atoms with Crippen molar-refractivity contribution in [2.24, 2.45) is 11.8 Å². The second-order valence-electron chi connectivity index (χ2n) is 5.43. The second kappa shape index (κ2) is 5.98. The number of rotatable bonds is 4. The van der Waals surface area contributed by atoms with Crippen LogP contribution in [0.25, 0.3) is 0 Å². The van der Waals surface area contributed by atoms with Crippen molar-refractivity contribution < 1.29 is 4.79 Å². The van der Waals surface area contributed by atoms with Crippen LogP contribution in [0.2, 0.25) is 0 Å². The van der Waals surface area contributed by atoms with E-state index < -0.39 is 0 Å². The molecule has 1 aliphatic heterocycles. The van der Waals surface area contributed by atoms with Crippen molar-refractivity contribution in [3.05, 3.63) is 34.3 Å². The van der Waals surface area contributed by atoms with Crippen LogP contribution in [-0.4, -0.2) is 30.3 Å². The molecule has 0 amide bonds. The molecule has 0 spiro atoms. The fourth-order valence-electron chi connectivity index (χ4n) is 2.53. The third-order valence-corrected chi connectivity index (χ3v) is 4.48. The largest absolute Gasteiger partial charge is 0.296 e. The van der Waals surface area contributed by atoms with Crippen molar-refractivity contribution in [3.8, 4) is 0 Å². The van der Waals surface area contributed by atoms with Gasteiger partial charge in [-0.25, -0.2) is 0 Å². The Labute approximate surface area is 117 Å².